The molecule has 0 spiro atoms. The molecule has 0 saturated carbocycles. The predicted octanol–water partition coefficient (Wildman–Crippen LogP) is 2.08. The molecular formula is C14H12N6OS. The van der Waals surface area contributed by atoms with Crippen molar-refractivity contribution in [2.24, 2.45) is 0 Å². The number of amides is 1. The van der Waals surface area contributed by atoms with E-state index in [1.54, 1.807) is 24.4 Å². The molecule has 3 heterocycles. The number of nitrogens with one attached hydrogen (secondary N) is 1. The maximum absolute atomic E-state index is 12.0. The summed E-state index contributed by atoms with van der Waals surface area (Å²) < 4.78 is 1.49. The molecule has 0 unspecified atom stereocenters. The first kappa shape index (κ1) is 14.1. The van der Waals surface area contributed by atoms with Crippen LogP contribution in [0.4, 0.5) is 5.69 Å². The molecule has 1 amide bonds. The fraction of sp³-hybridized carbons (Fsp3) is 0.0714. The highest BCUT2D eigenvalue weighted by molar-refractivity contribution is 7.09. The van der Waals surface area contributed by atoms with Gasteiger partial charge in [-0.25, -0.2) is 19.6 Å². The largest absolute Gasteiger partial charge is 0.319 e. The SMILES string of the molecule is Cc1nc(C=CC(=O)Nc2cccnc2-n2cncn2)cs1. The highest BCUT2D eigenvalue weighted by Crippen LogP contribution is 2.16. The van der Waals surface area contributed by atoms with Crippen molar-refractivity contribution < 1.29 is 4.79 Å². The number of rotatable bonds is 4. The van der Waals surface area contributed by atoms with Crippen molar-refractivity contribution in [2.45, 2.75) is 6.92 Å². The van der Waals surface area contributed by atoms with Crippen LogP contribution in [-0.4, -0.2) is 30.6 Å². The first-order chi connectivity index (χ1) is 10.7. The molecule has 0 fully saturated rings. The fourth-order valence-corrected chi connectivity index (χ4v) is 2.37. The lowest BCUT2D eigenvalue weighted by Gasteiger charge is -2.07. The van der Waals surface area contributed by atoms with Crippen molar-refractivity contribution in [1.82, 2.24) is 24.7 Å². The van der Waals surface area contributed by atoms with E-state index in [-0.39, 0.29) is 5.91 Å². The van der Waals surface area contributed by atoms with E-state index in [0.717, 1.165) is 10.7 Å². The summed E-state index contributed by atoms with van der Waals surface area (Å²) in [7, 11) is 0. The minimum atomic E-state index is -0.264. The van der Waals surface area contributed by atoms with Gasteiger partial charge in [-0.15, -0.1) is 11.3 Å². The second kappa shape index (κ2) is 6.27. The van der Waals surface area contributed by atoms with Gasteiger partial charge in [-0.1, -0.05) is 0 Å². The van der Waals surface area contributed by atoms with Crippen LogP contribution >= 0.6 is 11.3 Å². The Morgan fingerprint density at radius 2 is 2.36 bits per heavy atom. The van der Waals surface area contributed by atoms with Crippen LogP contribution in [0.1, 0.15) is 10.7 Å². The summed E-state index contributed by atoms with van der Waals surface area (Å²) >= 11 is 1.54. The van der Waals surface area contributed by atoms with Crippen molar-refractivity contribution in [3.63, 3.8) is 0 Å². The Hall–Kier alpha value is -2.87. The Kier molecular flexibility index (Phi) is 4.01. The second-order valence-corrected chi connectivity index (χ2v) is 5.39. The third-order valence-corrected chi connectivity index (χ3v) is 3.51. The number of carbonyl (C=O) groups is 1. The molecule has 7 nitrogen and oxygen atoms in total. The smallest absolute Gasteiger partial charge is 0.248 e. The highest BCUT2D eigenvalue weighted by atomic mass is 32.1. The van der Waals surface area contributed by atoms with Crippen molar-refractivity contribution in [3.05, 3.63) is 53.1 Å². The van der Waals surface area contributed by atoms with Gasteiger partial charge in [0, 0.05) is 17.7 Å². The van der Waals surface area contributed by atoms with Crippen LogP contribution in [0.3, 0.4) is 0 Å². The molecule has 3 aromatic heterocycles. The lowest BCUT2D eigenvalue weighted by atomic mass is 10.3. The molecule has 0 atom stereocenters. The van der Waals surface area contributed by atoms with E-state index in [1.807, 2.05) is 12.3 Å². The molecule has 1 N–H and O–H groups in total. The highest BCUT2D eigenvalue weighted by Gasteiger charge is 2.08. The number of anilines is 1. The average molecular weight is 312 g/mol. The minimum Gasteiger partial charge on any atom is -0.319 e. The number of aryl methyl sites for hydroxylation is 1. The first-order valence-corrected chi connectivity index (χ1v) is 7.31. The number of hydrogen-bond acceptors (Lipinski definition) is 6. The molecule has 0 saturated heterocycles. The second-order valence-electron chi connectivity index (χ2n) is 4.33. The lowest BCUT2D eigenvalue weighted by molar-refractivity contribution is -0.111. The van der Waals surface area contributed by atoms with E-state index in [2.05, 4.69) is 25.4 Å². The van der Waals surface area contributed by atoms with E-state index in [9.17, 15) is 4.79 Å². The first-order valence-electron chi connectivity index (χ1n) is 6.43. The predicted molar refractivity (Wildman–Crippen MR) is 83.7 cm³/mol. The van der Waals surface area contributed by atoms with Crippen molar-refractivity contribution in [1.29, 1.82) is 0 Å². The summed E-state index contributed by atoms with van der Waals surface area (Å²) in [5, 5.41) is 9.64. The Morgan fingerprint density at radius 3 is 3.09 bits per heavy atom. The topological polar surface area (TPSA) is 85.6 Å². The Labute approximate surface area is 130 Å². The van der Waals surface area contributed by atoms with Gasteiger partial charge in [0.15, 0.2) is 5.82 Å². The Balaban J connectivity index is 1.76. The van der Waals surface area contributed by atoms with Crippen LogP contribution in [-0.2, 0) is 4.79 Å². The van der Waals surface area contributed by atoms with Gasteiger partial charge >= 0.3 is 0 Å². The molecular weight excluding hydrogens is 300 g/mol. The zero-order valence-corrected chi connectivity index (χ0v) is 12.5. The molecule has 0 aliphatic carbocycles. The zero-order chi connectivity index (χ0) is 15.4. The normalized spacial score (nSPS) is 11.0. The average Bonchev–Trinajstić information content (AvgIpc) is 3.17. The Morgan fingerprint density at radius 1 is 1.45 bits per heavy atom. The quantitative estimate of drug-likeness (QED) is 0.745. The van der Waals surface area contributed by atoms with E-state index >= 15 is 0 Å². The number of aromatic nitrogens is 5. The fourth-order valence-electron chi connectivity index (χ4n) is 1.79. The van der Waals surface area contributed by atoms with Gasteiger partial charge in [0.2, 0.25) is 5.91 Å². The number of thiazole rings is 1. The molecule has 0 aromatic carbocycles. The monoisotopic (exact) mass is 312 g/mol. The van der Waals surface area contributed by atoms with E-state index in [0.29, 0.717) is 11.5 Å². The maximum Gasteiger partial charge on any atom is 0.248 e. The van der Waals surface area contributed by atoms with Crippen LogP contribution < -0.4 is 5.32 Å². The third-order valence-electron chi connectivity index (χ3n) is 2.72. The summed E-state index contributed by atoms with van der Waals surface area (Å²) in [5.74, 6) is 0.242. The van der Waals surface area contributed by atoms with Crippen LogP contribution in [0.25, 0.3) is 11.9 Å². The molecule has 0 aliphatic rings. The number of carbonyl (C=O) groups excluding carboxylic acids is 1. The molecule has 22 heavy (non-hydrogen) atoms. The molecule has 3 rings (SSSR count). The van der Waals surface area contributed by atoms with Gasteiger partial charge < -0.3 is 5.32 Å². The van der Waals surface area contributed by atoms with E-state index in [4.69, 9.17) is 0 Å². The maximum atomic E-state index is 12.0. The van der Waals surface area contributed by atoms with Gasteiger partial charge in [-0.2, -0.15) is 5.10 Å². The van der Waals surface area contributed by atoms with E-state index < -0.39 is 0 Å². The van der Waals surface area contributed by atoms with Crippen LogP contribution in [0, 0.1) is 6.92 Å². The van der Waals surface area contributed by atoms with Crippen LogP contribution in [0.15, 0.2) is 42.4 Å². The summed E-state index contributed by atoms with van der Waals surface area (Å²) in [5.41, 5.74) is 1.32. The summed E-state index contributed by atoms with van der Waals surface area (Å²) in [6.07, 6.45) is 7.66. The molecule has 0 radical (unpaired) electrons. The van der Waals surface area contributed by atoms with Gasteiger partial charge in [0.1, 0.15) is 12.7 Å². The van der Waals surface area contributed by atoms with Crippen molar-refractivity contribution in [3.8, 4) is 5.82 Å². The third kappa shape index (κ3) is 3.23. The molecule has 110 valence electrons. The Bertz CT molecular complexity index is 808. The number of nitrogens with zero attached hydrogens (tertiary/aromatic N) is 5. The molecule has 0 bridgehead atoms. The van der Waals surface area contributed by atoms with Crippen LogP contribution in [0.5, 0.6) is 0 Å². The summed E-state index contributed by atoms with van der Waals surface area (Å²) in [6.45, 7) is 1.92. The summed E-state index contributed by atoms with van der Waals surface area (Å²) in [4.78, 5) is 24.4. The summed E-state index contributed by atoms with van der Waals surface area (Å²) in [6, 6.07) is 3.49. The lowest BCUT2D eigenvalue weighted by Crippen LogP contribution is -2.12. The van der Waals surface area contributed by atoms with Crippen molar-refractivity contribution >= 4 is 29.0 Å². The van der Waals surface area contributed by atoms with Gasteiger partial charge in [0.05, 0.1) is 16.4 Å². The van der Waals surface area contributed by atoms with Gasteiger partial charge in [-0.3, -0.25) is 4.79 Å². The van der Waals surface area contributed by atoms with E-state index in [1.165, 1.54) is 34.7 Å². The van der Waals surface area contributed by atoms with Crippen LogP contribution in [0.2, 0.25) is 0 Å². The molecule has 8 heteroatoms. The molecule has 3 aromatic rings. The van der Waals surface area contributed by atoms with Crippen molar-refractivity contribution in [2.75, 3.05) is 5.32 Å². The number of hydrogen-bond donors (Lipinski definition) is 1. The zero-order valence-electron chi connectivity index (χ0n) is 11.7. The standard InChI is InChI=1S/C14H12N6OS/c1-10-18-11(7-22-10)4-5-13(21)19-12-3-2-6-16-14(12)20-9-15-8-17-20/h2-9H,1H3,(H,19,21). The van der Waals surface area contributed by atoms with Gasteiger partial charge in [0.25, 0.3) is 0 Å². The number of pyridine rings is 1. The minimum absolute atomic E-state index is 0.264. The van der Waals surface area contributed by atoms with Gasteiger partial charge in [-0.05, 0) is 25.1 Å². The molecule has 0 aliphatic heterocycles.